The number of ketones is 1. The van der Waals surface area contributed by atoms with E-state index in [1.54, 1.807) is 6.08 Å². The maximum Gasteiger partial charge on any atom is 0.331 e. The third kappa shape index (κ3) is 3.77. The van der Waals surface area contributed by atoms with Crippen LogP contribution in [0.3, 0.4) is 0 Å². The standard InChI is InChI=1S/C26H22O3/c1-19-12-14-20(15-13-19)23(18-24(27)21-8-4-2-5-9-21)26(17-16-25(28)29-26)22-10-6-3-7-11-22/h2-17,23H,18H2,1H3/t23-,26-/m1/s1. The number of carbonyl (C=O) groups excluding carboxylic acids is 2. The van der Waals surface area contributed by atoms with Gasteiger partial charge in [-0.25, -0.2) is 4.79 Å². The minimum atomic E-state index is -1.02. The Labute approximate surface area is 170 Å². The van der Waals surface area contributed by atoms with Crippen molar-refractivity contribution in [2.45, 2.75) is 24.9 Å². The largest absolute Gasteiger partial charge is 0.446 e. The number of carbonyl (C=O) groups is 2. The molecular formula is C26H22O3. The molecule has 29 heavy (non-hydrogen) atoms. The van der Waals surface area contributed by atoms with E-state index in [9.17, 15) is 9.59 Å². The quantitative estimate of drug-likeness (QED) is 0.426. The Morgan fingerprint density at radius 1 is 0.897 bits per heavy atom. The highest BCUT2D eigenvalue weighted by molar-refractivity contribution is 5.97. The molecule has 1 aliphatic rings. The number of benzene rings is 3. The molecule has 1 aliphatic heterocycles. The van der Waals surface area contributed by atoms with Crippen LogP contribution in [0.25, 0.3) is 0 Å². The Morgan fingerprint density at radius 3 is 2.10 bits per heavy atom. The van der Waals surface area contributed by atoms with E-state index in [1.807, 2.05) is 91.9 Å². The van der Waals surface area contributed by atoms with E-state index in [4.69, 9.17) is 4.74 Å². The van der Waals surface area contributed by atoms with Crippen molar-refractivity contribution < 1.29 is 14.3 Å². The van der Waals surface area contributed by atoms with E-state index in [-0.39, 0.29) is 18.1 Å². The summed E-state index contributed by atoms with van der Waals surface area (Å²) in [7, 11) is 0. The highest BCUT2D eigenvalue weighted by Gasteiger charge is 2.46. The Kier molecular flexibility index (Phi) is 5.13. The van der Waals surface area contributed by atoms with Gasteiger partial charge in [0.1, 0.15) is 0 Å². The number of ether oxygens (including phenoxy) is 1. The second kappa shape index (κ2) is 7.88. The van der Waals surface area contributed by atoms with E-state index in [0.717, 1.165) is 16.7 Å². The van der Waals surface area contributed by atoms with E-state index in [2.05, 4.69) is 0 Å². The highest BCUT2D eigenvalue weighted by Crippen LogP contribution is 2.46. The monoisotopic (exact) mass is 382 g/mol. The first-order valence-corrected chi connectivity index (χ1v) is 9.71. The van der Waals surface area contributed by atoms with Crippen molar-refractivity contribution in [2.24, 2.45) is 0 Å². The van der Waals surface area contributed by atoms with Crippen LogP contribution >= 0.6 is 0 Å². The first-order chi connectivity index (χ1) is 14.1. The smallest absolute Gasteiger partial charge is 0.331 e. The molecule has 0 radical (unpaired) electrons. The van der Waals surface area contributed by atoms with Gasteiger partial charge in [0.25, 0.3) is 0 Å². The lowest BCUT2D eigenvalue weighted by atomic mass is 9.74. The molecule has 0 amide bonds. The van der Waals surface area contributed by atoms with Crippen LogP contribution in [-0.4, -0.2) is 11.8 Å². The van der Waals surface area contributed by atoms with Gasteiger partial charge < -0.3 is 4.74 Å². The molecular weight excluding hydrogens is 360 g/mol. The number of cyclic esters (lactones) is 1. The number of Topliss-reactive ketones (excluding diaryl/α,β-unsaturated/α-hetero) is 1. The van der Waals surface area contributed by atoms with Crippen molar-refractivity contribution in [2.75, 3.05) is 0 Å². The van der Waals surface area contributed by atoms with Crippen molar-refractivity contribution in [3.8, 4) is 0 Å². The fraction of sp³-hybridized carbons (Fsp3) is 0.154. The Morgan fingerprint density at radius 2 is 1.52 bits per heavy atom. The predicted molar refractivity (Wildman–Crippen MR) is 113 cm³/mol. The molecule has 3 nitrogen and oxygen atoms in total. The summed E-state index contributed by atoms with van der Waals surface area (Å²) < 4.78 is 5.92. The lowest BCUT2D eigenvalue weighted by molar-refractivity contribution is -0.148. The Hall–Kier alpha value is -3.46. The van der Waals surface area contributed by atoms with E-state index < -0.39 is 11.6 Å². The number of aryl methyl sites for hydroxylation is 1. The zero-order valence-corrected chi connectivity index (χ0v) is 16.2. The van der Waals surface area contributed by atoms with Gasteiger partial charge in [-0.3, -0.25) is 4.79 Å². The summed E-state index contributed by atoms with van der Waals surface area (Å²) in [5.41, 5.74) is 2.59. The molecule has 0 spiro atoms. The summed E-state index contributed by atoms with van der Waals surface area (Å²) in [6, 6.07) is 27.0. The van der Waals surface area contributed by atoms with Crippen LogP contribution in [0.2, 0.25) is 0 Å². The minimum absolute atomic E-state index is 0.0165. The second-order valence-corrected chi connectivity index (χ2v) is 7.37. The molecule has 0 unspecified atom stereocenters. The molecule has 0 fully saturated rings. The molecule has 0 aromatic heterocycles. The minimum Gasteiger partial charge on any atom is -0.446 e. The van der Waals surface area contributed by atoms with Crippen LogP contribution in [0.1, 0.15) is 39.4 Å². The fourth-order valence-corrected chi connectivity index (χ4v) is 3.91. The Balaban J connectivity index is 1.82. The van der Waals surface area contributed by atoms with Crippen molar-refractivity contribution in [1.29, 1.82) is 0 Å². The first-order valence-electron chi connectivity index (χ1n) is 9.71. The average molecular weight is 382 g/mol. The number of hydrogen-bond acceptors (Lipinski definition) is 3. The third-order valence-corrected chi connectivity index (χ3v) is 5.44. The lowest BCUT2D eigenvalue weighted by Gasteiger charge is -2.36. The molecule has 2 atom stereocenters. The molecule has 3 aromatic carbocycles. The molecule has 144 valence electrons. The number of hydrogen-bond donors (Lipinski definition) is 0. The van der Waals surface area contributed by atoms with Crippen LogP contribution in [0.15, 0.2) is 97.1 Å². The van der Waals surface area contributed by atoms with Crippen LogP contribution in [0.5, 0.6) is 0 Å². The normalized spacial score (nSPS) is 19.0. The Bertz CT molecular complexity index is 1040. The predicted octanol–water partition coefficient (Wildman–Crippen LogP) is 5.36. The van der Waals surface area contributed by atoms with Crippen LogP contribution in [0, 0.1) is 6.92 Å². The van der Waals surface area contributed by atoms with Crippen molar-refractivity contribution in [3.63, 3.8) is 0 Å². The van der Waals surface area contributed by atoms with Crippen molar-refractivity contribution >= 4 is 11.8 Å². The molecule has 0 bridgehead atoms. The van der Waals surface area contributed by atoms with Crippen molar-refractivity contribution in [3.05, 3.63) is 119 Å². The molecule has 0 saturated heterocycles. The molecule has 4 rings (SSSR count). The van der Waals surface area contributed by atoms with Gasteiger partial charge in [-0.05, 0) is 18.6 Å². The molecule has 0 saturated carbocycles. The van der Waals surface area contributed by atoms with E-state index in [1.165, 1.54) is 6.08 Å². The van der Waals surface area contributed by atoms with Gasteiger partial charge in [0, 0.05) is 29.5 Å². The molecule has 3 aromatic rings. The van der Waals surface area contributed by atoms with E-state index >= 15 is 0 Å². The first kappa shape index (κ1) is 18.9. The van der Waals surface area contributed by atoms with Gasteiger partial charge >= 0.3 is 5.97 Å². The summed E-state index contributed by atoms with van der Waals surface area (Å²) >= 11 is 0. The van der Waals surface area contributed by atoms with Crippen LogP contribution in [0.4, 0.5) is 0 Å². The summed E-state index contributed by atoms with van der Waals surface area (Å²) in [5, 5.41) is 0. The number of esters is 1. The fourth-order valence-electron chi connectivity index (χ4n) is 3.91. The second-order valence-electron chi connectivity index (χ2n) is 7.37. The SMILES string of the molecule is Cc1ccc([C@@H](CC(=O)c2ccccc2)[C@]2(c3ccccc3)C=CC(=O)O2)cc1. The van der Waals surface area contributed by atoms with Crippen molar-refractivity contribution in [1.82, 2.24) is 0 Å². The zero-order valence-electron chi connectivity index (χ0n) is 16.2. The van der Waals surface area contributed by atoms with Gasteiger partial charge in [-0.1, -0.05) is 90.5 Å². The maximum absolute atomic E-state index is 13.1. The highest BCUT2D eigenvalue weighted by atomic mass is 16.6. The molecule has 0 N–H and O–H groups in total. The topological polar surface area (TPSA) is 43.4 Å². The van der Waals surface area contributed by atoms with Gasteiger partial charge in [0.15, 0.2) is 11.4 Å². The summed E-state index contributed by atoms with van der Waals surface area (Å²) in [6.07, 6.45) is 3.48. The summed E-state index contributed by atoms with van der Waals surface area (Å²) in [6.45, 7) is 2.02. The van der Waals surface area contributed by atoms with Gasteiger partial charge in [-0.2, -0.15) is 0 Å². The number of rotatable bonds is 6. The van der Waals surface area contributed by atoms with Crippen LogP contribution < -0.4 is 0 Å². The lowest BCUT2D eigenvalue weighted by Crippen LogP contribution is -2.35. The summed E-state index contributed by atoms with van der Waals surface area (Å²) in [5.74, 6) is -0.720. The zero-order chi connectivity index (χ0) is 20.3. The van der Waals surface area contributed by atoms with E-state index in [0.29, 0.717) is 5.56 Å². The van der Waals surface area contributed by atoms with Gasteiger partial charge in [-0.15, -0.1) is 0 Å². The average Bonchev–Trinajstić information content (AvgIpc) is 3.16. The molecule has 1 heterocycles. The molecule has 3 heteroatoms. The molecule has 0 aliphatic carbocycles. The maximum atomic E-state index is 13.1. The van der Waals surface area contributed by atoms with Gasteiger partial charge in [0.2, 0.25) is 0 Å². The third-order valence-electron chi connectivity index (χ3n) is 5.44. The van der Waals surface area contributed by atoms with Crippen LogP contribution in [-0.2, 0) is 15.1 Å². The van der Waals surface area contributed by atoms with Gasteiger partial charge in [0.05, 0.1) is 0 Å². The summed E-state index contributed by atoms with van der Waals surface area (Å²) in [4.78, 5) is 25.3.